The summed E-state index contributed by atoms with van der Waals surface area (Å²) in [7, 11) is 0. The maximum Gasteiger partial charge on any atom is 0.276 e. The van der Waals surface area contributed by atoms with Crippen LogP contribution in [0.25, 0.3) is 0 Å². The average Bonchev–Trinajstić information content (AvgIpc) is 2.14. The second kappa shape index (κ2) is 6.56. The summed E-state index contributed by atoms with van der Waals surface area (Å²) in [6.07, 6.45) is -4.95. The van der Waals surface area contributed by atoms with Gasteiger partial charge >= 0.3 is 0 Å². The summed E-state index contributed by atoms with van der Waals surface area (Å²) in [4.78, 5) is 10.8. The number of carbonyl (C=O) groups excluding carboxylic acids is 1. The lowest BCUT2D eigenvalue weighted by Gasteiger charge is -2.22. The van der Waals surface area contributed by atoms with Crippen LogP contribution >= 0.6 is 11.8 Å². The van der Waals surface area contributed by atoms with Crippen molar-refractivity contribution in [3.8, 4) is 0 Å². The molecule has 0 bridgehead atoms. The molecule has 0 aliphatic heterocycles. The molecular formula is C10H15F5OS. The molecule has 0 saturated carbocycles. The number of halogens is 5. The summed E-state index contributed by atoms with van der Waals surface area (Å²) in [6.45, 7) is 1.85. The molecule has 1 unspecified atom stereocenters. The number of thioether (sulfide) groups is 1. The Balaban J connectivity index is 4.07. The van der Waals surface area contributed by atoms with E-state index in [0.29, 0.717) is 11.8 Å². The minimum Gasteiger partial charge on any atom is -0.287 e. The van der Waals surface area contributed by atoms with Crippen molar-refractivity contribution < 1.29 is 26.7 Å². The summed E-state index contributed by atoms with van der Waals surface area (Å²) < 4.78 is 63.6. The lowest BCUT2D eigenvalue weighted by Crippen LogP contribution is -2.33. The molecule has 0 fully saturated rings. The van der Waals surface area contributed by atoms with Gasteiger partial charge in [-0.2, -0.15) is 0 Å². The van der Waals surface area contributed by atoms with Crippen molar-refractivity contribution >= 4 is 16.9 Å². The quantitative estimate of drug-likeness (QED) is 0.653. The van der Waals surface area contributed by atoms with E-state index in [0.717, 1.165) is 0 Å². The van der Waals surface area contributed by atoms with Crippen LogP contribution in [0.15, 0.2) is 0 Å². The monoisotopic (exact) mass is 278 g/mol. The Labute approximate surface area is 101 Å². The van der Waals surface area contributed by atoms with Crippen LogP contribution in [0.1, 0.15) is 33.1 Å². The minimum absolute atomic E-state index is 0.193. The van der Waals surface area contributed by atoms with Gasteiger partial charge in [-0.05, 0) is 0 Å². The molecule has 0 aromatic carbocycles. The maximum atomic E-state index is 13.1. The molecule has 0 radical (unpaired) electrons. The Kier molecular flexibility index (Phi) is 6.43. The molecule has 0 aromatic heterocycles. The predicted molar refractivity (Wildman–Crippen MR) is 57.5 cm³/mol. The van der Waals surface area contributed by atoms with E-state index in [1.807, 2.05) is 0 Å². The Morgan fingerprint density at radius 3 is 2.24 bits per heavy atom. The fraction of sp³-hybridized carbons (Fsp3) is 0.900. The Morgan fingerprint density at radius 1 is 1.29 bits per heavy atom. The van der Waals surface area contributed by atoms with E-state index in [1.165, 1.54) is 0 Å². The first-order chi connectivity index (χ1) is 7.58. The molecule has 0 rings (SSSR count). The molecule has 102 valence electrons. The smallest absolute Gasteiger partial charge is 0.276 e. The Morgan fingerprint density at radius 2 is 1.82 bits per heavy atom. The van der Waals surface area contributed by atoms with E-state index in [1.54, 1.807) is 6.92 Å². The van der Waals surface area contributed by atoms with Crippen LogP contribution in [0.2, 0.25) is 0 Å². The largest absolute Gasteiger partial charge is 0.287 e. The molecule has 0 aliphatic rings. The molecule has 1 atom stereocenters. The second-order valence-electron chi connectivity index (χ2n) is 3.81. The number of hydrogen-bond acceptors (Lipinski definition) is 2. The first kappa shape index (κ1) is 16.7. The number of rotatable bonds is 7. The van der Waals surface area contributed by atoms with Crippen LogP contribution in [0.4, 0.5) is 22.0 Å². The summed E-state index contributed by atoms with van der Waals surface area (Å²) in [6, 6.07) is 0. The van der Waals surface area contributed by atoms with Gasteiger partial charge in [0, 0.05) is 31.9 Å². The fourth-order valence-electron chi connectivity index (χ4n) is 0.960. The van der Waals surface area contributed by atoms with E-state index < -0.39 is 30.9 Å². The van der Waals surface area contributed by atoms with Gasteiger partial charge in [0.2, 0.25) is 0 Å². The van der Waals surface area contributed by atoms with Crippen LogP contribution in [-0.4, -0.2) is 28.9 Å². The van der Waals surface area contributed by atoms with Gasteiger partial charge in [-0.3, -0.25) is 4.79 Å². The van der Waals surface area contributed by atoms with Crippen LogP contribution in [0, 0.1) is 0 Å². The normalized spacial score (nSPS) is 14.8. The van der Waals surface area contributed by atoms with Gasteiger partial charge < -0.3 is 0 Å². The lowest BCUT2D eigenvalue weighted by atomic mass is 10.1. The zero-order chi connectivity index (χ0) is 13.7. The first-order valence-electron chi connectivity index (χ1n) is 5.14. The van der Waals surface area contributed by atoms with Crippen molar-refractivity contribution in [2.75, 3.05) is 5.75 Å². The van der Waals surface area contributed by atoms with Crippen LogP contribution in [0.5, 0.6) is 0 Å². The lowest BCUT2D eigenvalue weighted by molar-refractivity contribution is -0.111. The van der Waals surface area contributed by atoms with Crippen molar-refractivity contribution in [1.29, 1.82) is 0 Å². The number of hydrogen-bond donors (Lipinski definition) is 0. The van der Waals surface area contributed by atoms with Crippen LogP contribution < -0.4 is 0 Å². The van der Waals surface area contributed by atoms with E-state index in [-0.39, 0.29) is 24.2 Å². The van der Waals surface area contributed by atoms with Gasteiger partial charge in [0.15, 0.2) is 11.3 Å². The van der Waals surface area contributed by atoms with Gasteiger partial charge in [0.05, 0.1) is 0 Å². The highest BCUT2D eigenvalue weighted by Gasteiger charge is 2.42. The highest BCUT2D eigenvalue weighted by atomic mass is 32.2. The van der Waals surface area contributed by atoms with Gasteiger partial charge in [-0.15, -0.1) is 0 Å². The van der Waals surface area contributed by atoms with E-state index in [4.69, 9.17) is 0 Å². The van der Waals surface area contributed by atoms with Crippen molar-refractivity contribution in [2.45, 2.75) is 51.1 Å². The molecular weight excluding hydrogens is 263 g/mol. The molecule has 0 heterocycles. The van der Waals surface area contributed by atoms with Gasteiger partial charge in [0.1, 0.15) is 0 Å². The van der Waals surface area contributed by atoms with Crippen molar-refractivity contribution in [2.24, 2.45) is 0 Å². The minimum atomic E-state index is -3.77. The number of alkyl halides is 5. The average molecular weight is 278 g/mol. The third kappa shape index (κ3) is 7.57. The molecule has 0 aromatic rings. The highest BCUT2D eigenvalue weighted by Crippen LogP contribution is 2.33. The topological polar surface area (TPSA) is 17.1 Å². The molecule has 0 aliphatic carbocycles. The summed E-state index contributed by atoms with van der Waals surface area (Å²) in [5.74, 6) is -7.47. The molecule has 7 heteroatoms. The zero-order valence-corrected chi connectivity index (χ0v) is 10.4. The van der Waals surface area contributed by atoms with Crippen molar-refractivity contribution in [3.63, 3.8) is 0 Å². The van der Waals surface area contributed by atoms with E-state index in [9.17, 15) is 26.7 Å². The van der Waals surface area contributed by atoms with Gasteiger partial charge in [-0.1, -0.05) is 18.7 Å². The molecule has 17 heavy (non-hydrogen) atoms. The maximum absolute atomic E-state index is 13.1. The number of carbonyl (C=O) groups is 1. The van der Waals surface area contributed by atoms with Crippen molar-refractivity contribution in [1.82, 2.24) is 0 Å². The third-order valence-electron chi connectivity index (χ3n) is 2.05. The van der Waals surface area contributed by atoms with Crippen LogP contribution in [-0.2, 0) is 4.79 Å². The summed E-state index contributed by atoms with van der Waals surface area (Å²) >= 11 is 0.709. The Bertz CT molecular complexity index is 252. The Hall–Kier alpha value is -0.330. The van der Waals surface area contributed by atoms with E-state index >= 15 is 0 Å². The standard InChI is InChI=1S/C10H15F5OS/c1-3-8(16)17-5-4-10(14,15)6-7(11)9(2,12)13/h7H,3-6H2,1-2H3. The SMILES string of the molecule is CCC(=O)SCCC(F)(F)CC(F)C(C)(F)F. The molecule has 0 saturated heterocycles. The zero-order valence-electron chi connectivity index (χ0n) is 9.61. The van der Waals surface area contributed by atoms with Crippen LogP contribution in [0.3, 0.4) is 0 Å². The third-order valence-corrected chi connectivity index (χ3v) is 3.07. The first-order valence-corrected chi connectivity index (χ1v) is 6.12. The predicted octanol–water partition coefficient (Wildman–Crippen LogP) is 4.07. The molecule has 0 amide bonds. The fourth-order valence-corrected chi connectivity index (χ4v) is 1.79. The molecule has 0 N–H and O–H groups in total. The van der Waals surface area contributed by atoms with E-state index in [2.05, 4.69) is 0 Å². The highest BCUT2D eigenvalue weighted by molar-refractivity contribution is 8.13. The van der Waals surface area contributed by atoms with Crippen molar-refractivity contribution in [3.05, 3.63) is 0 Å². The summed E-state index contributed by atoms with van der Waals surface area (Å²) in [5, 5.41) is -0.251. The second-order valence-corrected chi connectivity index (χ2v) is 4.96. The summed E-state index contributed by atoms with van der Waals surface area (Å²) in [5.41, 5.74) is 0. The molecule has 1 nitrogen and oxygen atoms in total. The molecule has 0 spiro atoms. The van der Waals surface area contributed by atoms with Gasteiger partial charge in [0.25, 0.3) is 11.8 Å². The van der Waals surface area contributed by atoms with Gasteiger partial charge in [-0.25, -0.2) is 22.0 Å².